The van der Waals surface area contributed by atoms with Gasteiger partial charge in [-0.3, -0.25) is 0 Å². The summed E-state index contributed by atoms with van der Waals surface area (Å²) in [6, 6.07) is 0. The normalized spacial score (nSPS) is 12.6. The first-order chi connectivity index (χ1) is 4.91. The van der Waals surface area contributed by atoms with Crippen LogP contribution in [-0.2, 0) is 0 Å². The van der Waals surface area contributed by atoms with E-state index in [0.717, 1.165) is 6.42 Å². The van der Waals surface area contributed by atoms with E-state index in [1.54, 1.807) is 6.08 Å². The summed E-state index contributed by atoms with van der Waals surface area (Å²) in [6.07, 6.45) is 12.2. The Morgan fingerprint density at radius 1 is 1.10 bits per heavy atom. The molecule has 0 nitrogen and oxygen atoms in total. The van der Waals surface area contributed by atoms with Crippen LogP contribution in [0.4, 0.5) is 0 Å². The summed E-state index contributed by atoms with van der Waals surface area (Å²) in [4.78, 5) is 0. The second-order valence-corrected chi connectivity index (χ2v) is 2.17. The molecule has 0 aromatic heterocycles. The molecule has 10 heavy (non-hydrogen) atoms. The van der Waals surface area contributed by atoms with E-state index < -0.39 is 0 Å². The molecule has 0 rings (SSSR count). The Balaban J connectivity index is 3.32. The molecule has 0 spiro atoms. The lowest BCUT2D eigenvalue weighted by atomic mass is 10.3. The van der Waals surface area contributed by atoms with Crippen LogP contribution in [0.1, 0.15) is 19.8 Å². The molecule has 0 bridgehead atoms. The fourth-order valence-corrected chi connectivity index (χ4v) is 0.596. The number of halogens is 1. The topological polar surface area (TPSA) is 0 Å². The van der Waals surface area contributed by atoms with Gasteiger partial charge in [0.05, 0.1) is 0 Å². The molecule has 0 amide bonds. The summed E-state index contributed by atoms with van der Waals surface area (Å²) in [5.74, 6) is 0. The van der Waals surface area contributed by atoms with Gasteiger partial charge in [-0.05, 0) is 6.42 Å². The van der Waals surface area contributed by atoms with Crippen LogP contribution in [-0.4, -0.2) is 0 Å². The molecular formula is C9H13Cl. The van der Waals surface area contributed by atoms with E-state index in [0.29, 0.717) is 0 Å². The monoisotopic (exact) mass is 156 g/mol. The van der Waals surface area contributed by atoms with Crippen LogP contribution in [0.2, 0.25) is 0 Å². The summed E-state index contributed by atoms with van der Waals surface area (Å²) in [7, 11) is 0. The molecule has 0 unspecified atom stereocenters. The Labute approximate surface area is 67.9 Å². The zero-order chi connectivity index (χ0) is 7.66. The first-order valence-electron chi connectivity index (χ1n) is 3.50. The molecule has 0 fully saturated rings. The smallest absolute Gasteiger partial charge is 0.00424 e. The fourth-order valence-electron chi connectivity index (χ4n) is 0.512. The van der Waals surface area contributed by atoms with Crippen LogP contribution in [0.5, 0.6) is 0 Å². The van der Waals surface area contributed by atoms with E-state index in [-0.39, 0.29) is 0 Å². The highest BCUT2D eigenvalue weighted by Gasteiger charge is 1.68. The number of rotatable bonds is 4. The lowest BCUT2D eigenvalue weighted by Gasteiger charge is -1.78. The largest absolute Gasteiger partial charge is 0.0930 e. The molecule has 0 radical (unpaired) electrons. The molecule has 0 aliphatic carbocycles. The molecular weight excluding hydrogens is 144 g/mol. The highest BCUT2D eigenvalue weighted by molar-refractivity contribution is 6.25. The molecule has 56 valence electrons. The summed E-state index contributed by atoms with van der Waals surface area (Å²) in [6.45, 7) is 2.16. The van der Waals surface area contributed by atoms with Crippen LogP contribution in [0.15, 0.2) is 35.9 Å². The van der Waals surface area contributed by atoms with Gasteiger partial charge in [-0.15, -0.1) is 0 Å². The summed E-state index contributed by atoms with van der Waals surface area (Å²) < 4.78 is 0. The minimum atomic E-state index is 1.15. The zero-order valence-electron chi connectivity index (χ0n) is 6.26. The number of unbranched alkanes of at least 4 members (excludes halogenated alkanes) is 1. The molecule has 0 atom stereocenters. The van der Waals surface area contributed by atoms with Gasteiger partial charge in [0.2, 0.25) is 0 Å². The van der Waals surface area contributed by atoms with Gasteiger partial charge in [-0.25, -0.2) is 0 Å². The van der Waals surface area contributed by atoms with Crippen molar-refractivity contribution in [1.82, 2.24) is 0 Å². The highest BCUT2D eigenvalue weighted by Crippen LogP contribution is 1.89. The van der Waals surface area contributed by atoms with Crippen molar-refractivity contribution in [3.05, 3.63) is 35.9 Å². The molecule has 0 N–H and O–H groups in total. The Hall–Kier alpha value is -0.490. The minimum absolute atomic E-state index is 1.15. The minimum Gasteiger partial charge on any atom is -0.0930 e. The van der Waals surface area contributed by atoms with Crippen molar-refractivity contribution in [2.45, 2.75) is 19.8 Å². The summed E-state index contributed by atoms with van der Waals surface area (Å²) in [5, 5.41) is 0. The first-order valence-corrected chi connectivity index (χ1v) is 3.94. The lowest BCUT2D eigenvalue weighted by molar-refractivity contribution is 0.959. The molecule has 0 saturated carbocycles. The molecule has 1 heteroatoms. The van der Waals surface area contributed by atoms with Crippen molar-refractivity contribution in [2.24, 2.45) is 0 Å². The van der Waals surface area contributed by atoms with Gasteiger partial charge in [0.1, 0.15) is 0 Å². The Morgan fingerprint density at radius 2 is 1.80 bits per heavy atom. The average molecular weight is 157 g/mol. The van der Waals surface area contributed by atoms with Gasteiger partial charge >= 0.3 is 0 Å². The van der Waals surface area contributed by atoms with E-state index >= 15 is 0 Å². The molecule has 0 aliphatic heterocycles. The number of hydrogen-bond acceptors (Lipinski definition) is 0. The maximum absolute atomic E-state index is 5.29. The van der Waals surface area contributed by atoms with Gasteiger partial charge in [-0.1, -0.05) is 55.3 Å². The molecule has 0 heterocycles. The Morgan fingerprint density at radius 3 is 2.40 bits per heavy atom. The van der Waals surface area contributed by atoms with Gasteiger partial charge in [0.15, 0.2) is 0 Å². The molecule has 0 aromatic carbocycles. The van der Waals surface area contributed by atoms with Gasteiger partial charge in [0, 0.05) is 5.54 Å². The summed E-state index contributed by atoms with van der Waals surface area (Å²) >= 11 is 5.29. The van der Waals surface area contributed by atoms with Crippen molar-refractivity contribution in [1.29, 1.82) is 0 Å². The number of allylic oxidation sites excluding steroid dienone is 5. The van der Waals surface area contributed by atoms with Crippen LogP contribution in [0.25, 0.3) is 0 Å². The Kier molecular flexibility index (Phi) is 8.09. The predicted octanol–water partition coefficient (Wildman–Crippen LogP) is 3.65. The van der Waals surface area contributed by atoms with E-state index in [4.69, 9.17) is 11.6 Å². The third-order valence-electron chi connectivity index (χ3n) is 0.997. The maximum atomic E-state index is 5.29. The third kappa shape index (κ3) is 7.51. The molecule has 0 aliphatic rings. The maximum Gasteiger partial charge on any atom is 0.00424 e. The van der Waals surface area contributed by atoms with E-state index in [9.17, 15) is 0 Å². The van der Waals surface area contributed by atoms with E-state index in [2.05, 4.69) is 13.0 Å². The van der Waals surface area contributed by atoms with Crippen LogP contribution >= 0.6 is 11.6 Å². The van der Waals surface area contributed by atoms with Crippen LogP contribution in [0.3, 0.4) is 0 Å². The number of hydrogen-bond donors (Lipinski definition) is 0. The average Bonchev–Trinajstić information content (AvgIpc) is 1.97. The van der Waals surface area contributed by atoms with E-state index in [1.807, 2.05) is 18.2 Å². The SMILES string of the molecule is CCCC=CC=CC=CCl. The second kappa shape index (κ2) is 8.51. The van der Waals surface area contributed by atoms with Gasteiger partial charge < -0.3 is 0 Å². The molecule has 0 saturated heterocycles. The van der Waals surface area contributed by atoms with Crippen molar-refractivity contribution in [2.75, 3.05) is 0 Å². The third-order valence-corrected chi connectivity index (χ3v) is 1.14. The van der Waals surface area contributed by atoms with Gasteiger partial charge in [0.25, 0.3) is 0 Å². The predicted molar refractivity (Wildman–Crippen MR) is 48.2 cm³/mol. The quantitative estimate of drug-likeness (QED) is 0.545. The highest BCUT2D eigenvalue weighted by atomic mass is 35.5. The standard InChI is InChI=1S/C9H13Cl/c1-2-3-4-5-6-7-8-9-10/h4-9H,2-3H2,1H3. The van der Waals surface area contributed by atoms with Crippen molar-refractivity contribution >= 4 is 11.6 Å². The van der Waals surface area contributed by atoms with Gasteiger partial charge in [-0.2, -0.15) is 0 Å². The Bertz CT molecular complexity index is 132. The zero-order valence-corrected chi connectivity index (χ0v) is 7.01. The second-order valence-electron chi connectivity index (χ2n) is 1.92. The van der Waals surface area contributed by atoms with Crippen molar-refractivity contribution in [3.8, 4) is 0 Å². The molecule has 0 aromatic rings. The van der Waals surface area contributed by atoms with Crippen LogP contribution < -0.4 is 0 Å². The lowest BCUT2D eigenvalue weighted by Crippen LogP contribution is -1.58. The van der Waals surface area contributed by atoms with E-state index in [1.165, 1.54) is 12.0 Å². The van der Waals surface area contributed by atoms with Crippen molar-refractivity contribution in [3.63, 3.8) is 0 Å². The summed E-state index contributed by atoms with van der Waals surface area (Å²) in [5.41, 5.74) is 1.49. The first kappa shape index (κ1) is 9.51. The van der Waals surface area contributed by atoms with Crippen LogP contribution in [0, 0.1) is 0 Å². The van der Waals surface area contributed by atoms with Crippen molar-refractivity contribution < 1.29 is 0 Å². The fraction of sp³-hybridized carbons (Fsp3) is 0.333.